The van der Waals surface area contributed by atoms with Crippen molar-refractivity contribution in [3.63, 3.8) is 0 Å². The third kappa shape index (κ3) is 1.14. The number of imidazole rings is 1. The molecule has 1 saturated heterocycles. The van der Waals surface area contributed by atoms with Gasteiger partial charge in [-0.25, -0.2) is 4.98 Å². The van der Waals surface area contributed by atoms with Gasteiger partial charge in [0.25, 0.3) is 0 Å². The summed E-state index contributed by atoms with van der Waals surface area (Å²) in [5.41, 5.74) is 0. The van der Waals surface area contributed by atoms with Gasteiger partial charge in [0.2, 0.25) is 0 Å². The minimum Gasteiger partial charge on any atom is -0.337 e. The molecule has 0 bridgehead atoms. The lowest BCUT2D eigenvalue weighted by Gasteiger charge is -2.18. The van der Waals surface area contributed by atoms with Gasteiger partial charge < -0.3 is 4.57 Å². The van der Waals surface area contributed by atoms with E-state index < -0.39 is 0 Å². The highest BCUT2D eigenvalue weighted by molar-refractivity contribution is 5.00. The fraction of sp³-hybridized carbons (Fsp3) is 0.667. The molecule has 0 saturated carbocycles. The Morgan fingerprint density at radius 3 is 2.83 bits per heavy atom. The maximum atomic E-state index is 4.37. The Balaban J connectivity index is 2.24. The smallest absolute Gasteiger partial charge is 0.125 e. The van der Waals surface area contributed by atoms with Crippen LogP contribution in [-0.4, -0.2) is 28.0 Å². The molecule has 3 nitrogen and oxygen atoms in total. The third-order valence-electron chi connectivity index (χ3n) is 2.68. The van der Waals surface area contributed by atoms with Crippen molar-refractivity contribution in [2.75, 3.05) is 13.6 Å². The standard InChI is InChI=1S/C9H15N3/c1-11-6-3-4-8(11)9-10-5-7-12(9)2/h5,7-8H,3-4,6H2,1-2H3/t8-/m0/s1. The van der Waals surface area contributed by atoms with Crippen molar-refractivity contribution in [2.45, 2.75) is 18.9 Å². The molecular weight excluding hydrogens is 150 g/mol. The zero-order chi connectivity index (χ0) is 8.55. The summed E-state index contributed by atoms with van der Waals surface area (Å²) in [7, 11) is 4.24. The Morgan fingerprint density at radius 2 is 2.33 bits per heavy atom. The lowest BCUT2D eigenvalue weighted by Crippen LogP contribution is -2.20. The number of hydrogen-bond donors (Lipinski definition) is 0. The number of likely N-dealkylation sites (tertiary alicyclic amines) is 1. The fourth-order valence-electron chi connectivity index (χ4n) is 1.93. The van der Waals surface area contributed by atoms with Crippen molar-refractivity contribution in [2.24, 2.45) is 7.05 Å². The Labute approximate surface area is 73.0 Å². The van der Waals surface area contributed by atoms with E-state index in [9.17, 15) is 0 Å². The highest BCUT2D eigenvalue weighted by Crippen LogP contribution is 2.28. The molecule has 0 radical (unpaired) electrons. The van der Waals surface area contributed by atoms with Crippen LogP contribution < -0.4 is 0 Å². The van der Waals surface area contributed by atoms with E-state index in [0.29, 0.717) is 6.04 Å². The summed E-state index contributed by atoms with van der Waals surface area (Å²) >= 11 is 0. The van der Waals surface area contributed by atoms with Gasteiger partial charge in [-0.3, -0.25) is 4.90 Å². The first-order valence-corrected chi connectivity index (χ1v) is 4.46. The molecule has 2 heterocycles. The van der Waals surface area contributed by atoms with Gasteiger partial charge in [0.1, 0.15) is 5.82 Å². The second kappa shape index (κ2) is 2.90. The van der Waals surface area contributed by atoms with E-state index in [1.807, 2.05) is 12.4 Å². The second-order valence-corrected chi connectivity index (χ2v) is 3.53. The number of rotatable bonds is 1. The van der Waals surface area contributed by atoms with Crippen molar-refractivity contribution in [3.05, 3.63) is 18.2 Å². The van der Waals surface area contributed by atoms with E-state index in [4.69, 9.17) is 0 Å². The molecular formula is C9H15N3. The SMILES string of the molecule is CN1CCC[C@H]1c1nccn1C. The fourth-order valence-corrected chi connectivity index (χ4v) is 1.93. The Morgan fingerprint density at radius 1 is 1.50 bits per heavy atom. The maximum Gasteiger partial charge on any atom is 0.125 e. The van der Waals surface area contributed by atoms with E-state index in [1.54, 1.807) is 0 Å². The van der Waals surface area contributed by atoms with Crippen LogP contribution in [0.2, 0.25) is 0 Å². The van der Waals surface area contributed by atoms with E-state index in [1.165, 1.54) is 25.2 Å². The second-order valence-electron chi connectivity index (χ2n) is 3.53. The molecule has 3 heteroatoms. The molecule has 1 aliphatic heterocycles. The van der Waals surface area contributed by atoms with E-state index in [2.05, 4.69) is 28.5 Å². The molecule has 0 aromatic carbocycles. The van der Waals surface area contributed by atoms with Crippen LogP contribution in [0, 0.1) is 0 Å². The Kier molecular flexibility index (Phi) is 1.89. The average Bonchev–Trinajstić information content (AvgIpc) is 2.59. The van der Waals surface area contributed by atoms with Gasteiger partial charge >= 0.3 is 0 Å². The number of aryl methyl sites for hydroxylation is 1. The van der Waals surface area contributed by atoms with Crippen molar-refractivity contribution in [1.29, 1.82) is 0 Å². The van der Waals surface area contributed by atoms with Crippen LogP contribution in [0.1, 0.15) is 24.7 Å². The van der Waals surface area contributed by atoms with Gasteiger partial charge in [-0.15, -0.1) is 0 Å². The van der Waals surface area contributed by atoms with Crippen molar-refractivity contribution in [1.82, 2.24) is 14.5 Å². The molecule has 1 aliphatic rings. The minimum atomic E-state index is 0.546. The summed E-state index contributed by atoms with van der Waals surface area (Å²) in [5, 5.41) is 0. The summed E-state index contributed by atoms with van der Waals surface area (Å²) < 4.78 is 2.12. The summed E-state index contributed by atoms with van der Waals surface area (Å²) in [5.74, 6) is 1.20. The Hall–Kier alpha value is -0.830. The first-order valence-electron chi connectivity index (χ1n) is 4.46. The zero-order valence-electron chi connectivity index (χ0n) is 7.70. The van der Waals surface area contributed by atoms with Crippen LogP contribution in [0.5, 0.6) is 0 Å². The van der Waals surface area contributed by atoms with Gasteiger partial charge in [-0.2, -0.15) is 0 Å². The molecule has 1 atom stereocenters. The molecule has 12 heavy (non-hydrogen) atoms. The lowest BCUT2D eigenvalue weighted by molar-refractivity contribution is 0.301. The van der Waals surface area contributed by atoms with Gasteiger partial charge in [0, 0.05) is 19.4 Å². The molecule has 2 rings (SSSR count). The largest absolute Gasteiger partial charge is 0.337 e. The normalized spacial score (nSPS) is 25.0. The van der Waals surface area contributed by atoms with Crippen LogP contribution in [-0.2, 0) is 7.05 Å². The topological polar surface area (TPSA) is 21.1 Å². The predicted molar refractivity (Wildman–Crippen MR) is 47.8 cm³/mol. The maximum absolute atomic E-state index is 4.37. The summed E-state index contributed by atoms with van der Waals surface area (Å²) in [6.07, 6.45) is 6.44. The molecule has 66 valence electrons. The van der Waals surface area contributed by atoms with Gasteiger partial charge in [0.05, 0.1) is 6.04 Å². The highest BCUT2D eigenvalue weighted by atomic mass is 15.2. The van der Waals surface area contributed by atoms with Crippen molar-refractivity contribution in [3.8, 4) is 0 Å². The molecule has 0 unspecified atom stereocenters. The van der Waals surface area contributed by atoms with Crippen LogP contribution in [0.25, 0.3) is 0 Å². The number of aromatic nitrogens is 2. The summed E-state index contributed by atoms with van der Waals surface area (Å²) in [6.45, 7) is 1.21. The van der Waals surface area contributed by atoms with Crippen LogP contribution >= 0.6 is 0 Å². The van der Waals surface area contributed by atoms with Gasteiger partial charge in [-0.05, 0) is 26.4 Å². The third-order valence-corrected chi connectivity index (χ3v) is 2.68. The van der Waals surface area contributed by atoms with Crippen LogP contribution in [0.4, 0.5) is 0 Å². The quantitative estimate of drug-likeness (QED) is 0.623. The zero-order valence-corrected chi connectivity index (χ0v) is 7.70. The van der Waals surface area contributed by atoms with E-state index >= 15 is 0 Å². The van der Waals surface area contributed by atoms with Gasteiger partial charge in [0.15, 0.2) is 0 Å². The van der Waals surface area contributed by atoms with Crippen LogP contribution in [0.3, 0.4) is 0 Å². The predicted octanol–water partition coefficient (Wildman–Crippen LogP) is 1.19. The lowest BCUT2D eigenvalue weighted by atomic mass is 10.2. The molecule has 1 aromatic rings. The van der Waals surface area contributed by atoms with Gasteiger partial charge in [-0.1, -0.05) is 0 Å². The first-order chi connectivity index (χ1) is 5.79. The molecule has 1 fully saturated rings. The monoisotopic (exact) mass is 165 g/mol. The average molecular weight is 165 g/mol. The molecule has 0 spiro atoms. The van der Waals surface area contributed by atoms with Crippen molar-refractivity contribution < 1.29 is 0 Å². The first kappa shape index (κ1) is 7.80. The van der Waals surface area contributed by atoms with Crippen molar-refractivity contribution >= 4 is 0 Å². The molecule has 0 amide bonds. The molecule has 0 N–H and O–H groups in total. The van der Waals surface area contributed by atoms with Crippen LogP contribution in [0.15, 0.2) is 12.4 Å². The molecule has 1 aromatic heterocycles. The molecule has 0 aliphatic carbocycles. The summed E-state index contributed by atoms with van der Waals surface area (Å²) in [4.78, 5) is 6.75. The minimum absolute atomic E-state index is 0.546. The van der Waals surface area contributed by atoms with E-state index in [0.717, 1.165) is 0 Å². The number of nitrogens with zero attached hydrogens (tertiary/aromatic N) is 3. The highest BCUT2D eigenvalue weighted by Gasteiger charge is 2.25. The summed E-state index contributed by atoms with van der Waals surface area (Å²) in [6, 6.07) is 0.546. The van der Waals surface area contributed by atoms with E-state index in [-0.39, 0.29) is 0 Å². The Bertz CT molecular complexity index is 266. The number of hydrogen-bond acceptors (Lipinski definition) is 2.